The number of aliphatic hydroxyl groups excluding tert-OH is 2. The minimum absolute atomic E-state index is 0.214. The van der Waals surface area contributed by atoms with E-state index in [1.54, 1.807) is 12.3 Å². The largest absolute Gasteiger partial charge is 0.393 e. The number of nitrogens with one attached hydrogen (secondary N) is 2. The zero-order valence-electron chi connectivity index (χ0n) is 17.9. The van der Waals surface area contributed by atoms with Gasteiger partial charge >= 0.3 is 0 Å². The number of aliphatic hydroxyl groups is 2. The fourth-order valence-corrected chi connectivity index (χ4v) is 4.51. The summed E-state index contributed by atoms with van der Waals surface area (Å²) in [4.78, 5) is 28.8. The van der Waals surface area contributed by atoms with Crippen LogP contribution in [0.2, 0.25) is 0 Å². The fourth-order valence-electron chi connectivity index (χ4n) is 4.51. The van der Waals surface area contributed by atoms with Crippen LogP contribution in [0.4, 0.5) is 23.0 Å². The highest BCUT2D eigenvalue weighted by Gasteiger charge is 2.21. The number of β-amino-alcohol motifs (C(OH)–C–C–N with tert-alkyl or cyclic N) is 1. The standard InChI is InChI=1S/C23H28N6O3/c30-16-6-10-28(11-7-16)15-3-4-20(25-13-15)26-19-12-21(29-9-1-2-17(31)14-29)27-18-5-8-24-23(32)22(18)19/h3-5,8,12-13,16-17,30-31H,1-2,6-7,9-11,14H2,(H,24,32)(H,25,26,27)/t17-/m0/s1. The summed E-state index contributed by atoms with van der Waals surface area (Å²) in [6.07, 6.45) is 6.04. The Bertz CT molecular complexity index is 1140. The second-order valence-corrected chi connectivity index (χ2v) is 8.58. The summed E-state index contributed by atoms with van der Waals surface area (Å²) >= 11 is 0. The molecule has 2 saturated heterocycles. The Morgan fingerprint density at radius 1 is 1.03 bits per heavy atom. The van der Waals surface area contributed by atoms with Crippen LogP contribution in [0.15, 0.2) is 41.5 Å². The van der Waals surface area contributed by atoms with Gasteiger partial charge in [-0.05, 0) is 43.9 Å². The average Bonchev–Trinajstić information content (AvgIpc) is 2.80. The average molecular weight is 437 g/mol. The fraction of sp³-hybridized carbons (Fsp3) is 0.435. The zero-order valence-corrected chi connectivity index (χ0v) is 17.9. The predicted molar refractivity (Wildman–Crippen MR) is 125 cm³/mol. The maximum Gasteiger partial charge on any atom is 0.259 e. The van der Waals surface area contributed by atoms with E-state index in [1.165, 1.54) is 0 Å². The Hall–Kier alpha value is -3.17. The van der Waals surface area contributed by atoms with E-state index in [2.05, 4.69) is 30.1 Å². The van der Waals surface area contributed by atoms with Crippen LogP contribution in [0.5, 0.6) is 0 Å². The third-order valence-corrected chi connectivity index (χ3v) is 6.28. The molecule has 2 aliphatic rings. The molecular formula is C23H28N6O3. The first kappa shape index (κ1) is 20.7. The molecule has 0 aliphatic carbocycles. The minimum atomic E-state index is -0.373. The number of hydrogen-bond acceptors (Lipinski definition) is 8. The lowest BCUT2D eigenvalue weighted by Gasteiger charge is -2.31. The summed E-state index contributed by atoms with van der Waals surface area (Å²) < 4.78 is 0. The topological polar surface area (TPSA) is 118 Å². The number of pyridine rings is 3. The van der Waals surface area contributed by atoms with Crippen molar-refractivity contribution in [2.75, 3.05) is 41.3 Å². The van der Waals surface area contributed by atoms with Crippen LogP contribution in [0.1, 0.15) is 25.7 Å². The molecule has 1 atom stereocenters. The van der Waals surface area contributed by atoms with Gasteiger partial charge in [0.05, 0.1) is 40.7 Å². The Kier molecular flexibility index (Phi) is 5.67. The molecule has 9 heteroatoms. The van der Waals surface area contributed by atoms with Crippen LogP contribution in [-0.2, 0) is 0 Å². The smallest absolute Gasteiger partial charge is 0.259 e. The first-order chi connectivity index (χ1) is 15.6. The summed E-state index contributed by atoms with van der Waals surface area (Å²) in [5.41, 5.74) is 2.03. The van der Waals surface area contributed by atoms with Gasteiger partial charge in [-0.15, -0.1) is 0 Å². The molecule has 0 amide bonds. The molecule has 0 bridgehead atoms. The van der Waals surface area contributed by atoms with Crippen LogP contribution < -0.4 is 20.7 Å². The molecule has 32 heavy (non-hydrogen) atoms. The Morgan fingerprint density at radius 2 is 1.88 bits per heavy atom. The highest BCUT2D eigenvalue weighted by Crippen LogP contribution is 2.29. The van der Waals surface area contributed by atoms with Gasteiger partial charge in [-0.25, -0.2) is 9.97 Å². The Balaban J connectivity index is 1.44. The molecule has 0 radical (unpaired) electrons. The van der Waals surface area contributed by atoms with Gasteiger partial charge in [-0.1, -0.05) is 0 Å². The van der Waals surface area contributed by atoms with Gasteiger partial charge < -0.3 is 30.3 Å². The molecule has 3 aromatic rings. The van der Waals surface area contributed by atoms with Crippen molar-refractivity contribution in [1.29, 1.82) is 0 Å². The third kappa shape index (κ3) is 4.26. The lowest BCUT2D eigenvalue weighted by Crippen LogP contribution is -2.38. The van der Waals surface area contributed by atoms with Gasteiger partial charge in [0, 0.05) is 38.4 Å². The van der Waals surface area contributed by atoms with Crippen molar-refractivity contribution in [2.24, 2.45) is 0 Å². The van der Waals surface area contributed by atoms with Gasteiger partial charge in [0.15, 0.2) is 0 Å². The van der Waals surface area contributed by atoms with Crippen molar-refractivity contribution >= 4 is 33.9 Å². The molecule has 2 fully saturated rings. The Labute approximate surface area is 185 Å². The van der Waals surface area contributed by atoms with Gasteiger partial charge in [0.1, 0.15) is 11.6 Å². The van der Waals surface area contributed by atoms with E-state index in [-0.39, 0.29) is 17.8 Å². The van der Waals surface area contributed by atoms with Crippen molar-refractivity contribution in [3.8, 4) is 0 Å². The number of H-pyrrole nitrogens is 1. The van der Waals surface area contributed by atoms with Crippen LogP contribution in [0.3, 0.4) is 0 Å². The van der Waals surface area contributed by atoms with Crippen LogP contribution in [0.25, 0.3) is 10.9 Å². The monoisotopic (exact) mass is 436 g/mol. The molecule has 168 valence electrons. The Morgan fingerprint density at radius 3 is 2.62 bits per heavy atom. The lowest BCUT2D eigenvalue weighted by atomic mass is 10.1. The number of aromatic amines is 1. The van der Waals surface area contributed by atoms with Gasteiger partial charge in [-0.3, -0.25) is 4.79 Å². The quantitative estimate of drug-likeness (QED) is 0.491. The van der Waals surface area contributed by atoms with Crippen molar-refractivity contribution in [2.45, 2.75) is 37.9 Å². The number of anilines is 4. The molecule has 5 rings (SSSR count). The molecule has 0 saturated carbocycles. The van der Waals surface area contributed by atoms with Crippen molar-refractivity contribution in [3.63, 3.8) is 0 Å². The first-order valence-corrected chi connectivity index (χ1v) is 11.2. The summed E-state index contributed by atoms with van der Waals surface area (Å²) in [5.74, 6) is 1.36. The second kappa shape index (κ2) is 8.76. The molecule has 2 aliphatic heterocycles. The summed E-state index contributed by atoms with van der Waals surface area (Å²) in [6.45, 7) is 2.96. The third-order valence-electron chi connectivity index (χ3n) is 6.28. The molecule has 0 aromatic carbocycles. The van der Waals surface area contributed by atoms with E-state index in [1.807, 2.05) is 24.4 Å². The van der Waals surface area contributed by atoms with Gasteiger partial charge in [0.2, 0.25) is 0 Å². The molecule has 0 unspecified atom stereocenters. The summed E-state index contributed by atoms with van der Waals surface area (Å²) in [6, 6.07) is 7.54. The van der Waals surface area contributed by atoms with Crippen LogP contribution >= 0.6 is 0 Å². The van der Waals surface area contributed by atoms with Crippen molar-refractivity contribution in [3.05, 3.63) is 47.0 Å². The summed E-state index contributed by atoms with van der Waals surface area (Å²) in [7, 11) is 0. The number of aromatic nitrogens is 3. The zero-order chi connectivity index (χ0) is 22.1. The van der Waals surface area contributed by atoms with E-state index in [0.29, 0.717) is 29.0 Å². The van der Waals surface area contributed by atoms with E-state index in [4.69, 9.17) is 0 Å². The lowest BCUT2D eigenvalue weighted by molar-refractivity contribution is 0.145. The van der Waals surface area contributed by atoms with Crippen molar-refractivity contribution in [1.82, 2.24) is 15.0 Å². The van der Waals surface area contributed by atoms with Crippen LogP contribution in [-0.4, -0.2) is 63.6 Å². The molecule has 5 heterocycles. The number of fused-ring (bicyclic) bond motifs is 1. The van der Waals surface area contributed by atoms with Crippen LogP contribution in [0, 0.1) is 0 Å². The number of hydrogen-bond donors (Lipinski definition) is 4. The maximum atomic E-state index is 12.6. The highest BCUT2D eigenvalue weighted by molar-refractivity contribution is 5.93. The van der Waals surface area contributed by atoms with E-state index >= 15 is 0 Å². The molecular weight excluding hydrogens is 408 g/mol. The maximum absolute atomic E-state index is 12.6. The first-order valence-electron chi connectivity index (χ1n) is 11.2. The second-order valence-electron chi connectivity index (χ2n) is 8.58. The number of rotatable bonds is 4. The normalized spacial score (nSPS) is 20.0. The number of nitrogens with zero attached hydrogens (tertiary/aromatic N) is 4. The number of piperidine rings is 2. The highest BCUT2D eigenvalue weighted by atomic mass is 16.3. The molecule has 0 spiro atoms. The van der Waals surface area contributed by atoms with Gasteiger partial charge in [0.25, 0.3) is 5.56 Å². The van der Waals surface area contributed by atoms with E-state index in [9.17, 15) is 15.0 Å². The minimum Gasteiger partial charge on any atom is -0.393 e. The molecule has 9 nitrogen and oxygen atoms in total. The molecule has 4 N–H and O–H groups in total. The van der Waals surface area contributed by atoms with E-state index in [0.717, 1.165) is 56.8 Å². The predicted octanol–water partition coefficient (Wildman–Crippen LogP) is 1.98. The summed E-state index contributed by atoms with van der Waals surface area (Å²) in [5, 5.41) is 23.6. The van der Waals surface area contributed by atoms with Gasteiger partial charge in [-0.2, -0.15) is 0 Å². The SMILES string of the molecule is O=c1[nH]ccc2nc(N3CCC[C@H](O)C3)cc(Nc3ccc(N4CCC(O)CC4)cn3)c12. The van der Waals surface area contributed by atoms with Crippen molar-refractivity contribution < 1.29 is 10.2 Å². The molecule has 3 aromatic heterocycles. The van der Waals surface area contributed by atoms with E-state index < -0.39 is 0 Å².